The highest BCUT2D eigenvalue weighted by Gasteiger charge is 2.45. The first-order valence-corrected chi connectivity index (χ1v) is 12.0. The summed E-state index contributed by atoms with van der Waals surface area (Å²) in [5.41, 5.74) is 0.865. The molecule has 1 atom stereocenters. The molecule has 4 rings (SSSR count). The zero-order chi connectivity index (χ0) is 21.8. The van der Waals surface area contributed by atoms with Crippen LogP contribution in [-0.2, 0) is 14.3 Å². The van der Waals surface area contributed by atoms with Gasteiger partial charge in [-0.2, -0.15) is 0 Å². The molecule has 0 saturated carbocycles. The van der Waals surface area contributed by atoms with Crippen molar-refractivity contribution in [3.8, 4) is 5.75 Å². The van der Waals surface area contributed by atoms with E-state index in [0.717, 1.165) is 69.6 Å². The number of para-hydroxylation sites is 1. The van der Waals surface area contributed by atoms with Gasteiger partial charge in [0, 0.05) is 70.5 Å². The summed E-state index contributed by atoms with van der Waals surface area (Å²) in [5, 5.41) is 0. The summed E-state index contributed by atoms with van der Waals surface area (Å²) >= 11 is 0. The fraction of sp³-hybridized carbons (Fsp3) is 0.680. The fourth-order valence-corrected chi connectivity index (χ4v) is 5.49. The van der Waals surface area contributed by atoms with E-state index in [2.05, 4.69) is 6.07 Å². The zero-order valence-corrected chi connectivity index (χ0v) is 19.0. The lowest BCUT2D eigenvalue weighted by molar-refractivity contribution is -0.142. The number of amides is 2. The first-order valence-electron chi connectivity index (χ1n) is 12.0. The predicted octanol–water partition coefficient (Wildman–Crippen LogP) is 3.60. The van der Waals surface area contributed by atoms with Gasteiger partial charge in [-0.1, -0.05) is 18.2 Å². The zero-order valence-electron chi connectivity index (χ0n) is 19.0. The Kier molecular flexibility index (Phi) is 6.85. The highest BCUT2D eigenvalue weighted by molar-refractivity contribution is 5.79. The summed E-state index contributed by atoms with van der Waals surface area (Å²) < 4.78 is 12.0. The number of rotatable bonds is 5. The van der Waals surface area contributed by atoms with Gasteiger partial charge in [-0.25, -0.2) is 0 Å². The molecular weight excluding hydrogens is 392 g/mol. The van der Waals surface area contributed by atoms with Crippen molar-refractivity contribution in [2.45, 2.75) is 63.9 Å². The van der Waals surface area contributed by atoms with Crippen LogP contribution in [0.4, 0.5) is 0 Å². The highest BCUT2D eigenvalue weighted by atomic mass is 16.5. The molecule has 3 aliphatic rings. The molecular formula is C25H36N2O4. The van der Waals surface area contributed by atoms with Gasteiger partial charge in [0.05, 0.1) is 0 Å². The lowest BCUT2D eigenvalue weighted by Gasteiger charge is -2.47. The van der Waals surface area contributed by atoms with Crippen LogP contribution in [0.2, 0.25) is 0 Å². The lowest BCUT2D eigenvalue weighted by Crippen LogP contribution is -2.53. The Balaban J connectivity index is 1.46. The third-order valence-corrected chi connectivity index (χ3v) is 7.40. The number of ether oxygens (including phenoxy) is 2. The maximum absolute atomic E-state index is 13.0. The van der Waals surface area contributed by atoms with E-state index in [9.17, 15) is 9.59 Å². The van der Waals surface area contributed by atoms with Crippen LogP contribution in [0, 0.1) is 5.92 Å². The molecule has 1 aromatic rings. The van der Waals surface area contributed by atoms with Gasteiger partial charge in [0.2, 0.25) is 11.8 Å². The maximum atomic E-state index is 13.0. The molecule has 6 nitrogen and oxygen atoms in total. The molecule has 0 aromatic heterocycles. The van der Waals surface area contributed by atoms with Crippen molar-refractivity contribution in [2.75, 3.05) is 39.4 Å². The van der Waals surface area contributed by atoms with Crippen LogP contribution in [0.15, 0.2) is 24.3 Å². The van der Waals surface area contributed by atoms with Crippen molar-refractivity contribution < 1.29 is 19.1 Å². The van der Waals surface area contributed by atoms with Crippen molar-refractivity contribution in [2.24, 2.45) is 5.92 Å². The molecule has 2 fully saturated rings. The second-order valence-corrected chi connectivity index (χ2v) is 9.21. The van der Waals surface area contributed by atoms with E-state index in [-0.39, 0.29) is 29.3 Å². The largest absolute Gasteiger partial charge is 0.487 e. The standard InChI is InChI=1S/C25H36N2O4/c1-3-26(4-2)23(28)17-20-18-25(31-22-8-6-5-7-21(20)22)11-13-27(14-12-25)24(29)19-9-15-30-16-10-19/h5-8,19-20H,3-4,9-18H2,1-2H3. The number of hydrogen-bond donors (Lipinski definition) is 0. The maximum Gasteiger partial charge on any atom is 0.225 e. The van der Waals surface area contributed by atoms with E-state index in [0.29, 0.717) is 19.6 Å². The van der Waals surface area contributed by atoms with Crippen molar-refractivity contribution >= 4 is 11.8 Å². The van der Waals surface area contributed by atoms with Gasteiger partial charge in [0.1, 0.15) is 11.4 Å². The molecule has 2 amide bonds. The molecule has 1 unspecified atom stereocenters. The number of carbonyl (C=O) groups excluding carboxylic acids is 2. The number of benzene rings is 1. The van der Waals surface area contributed by atoms with E-state index >= 15 is 0 Å². The smallest absolute Gasteiger partial charge is 0.225 e. The summed E-state index contributed by atoms with van der Waals surface area (Å²) in [6.45, 7) is 8.40. The van der Waals surface area contributed by atoms with Gasteiger partial charge in [-0.05, 0) is 44.7 Å². The van der Waals surface area contributed by atoms with Crippen molar-refractivity contribution in [1.82, 2.24) is 9.80 Å². The first-order chi connectivity index (χ1) is 15.0. The molecule has 31 heavy (non-hydrogen) atoms. The monoisotopic (exact) mass is 428 g/mol. The first kappa shape index (κ1) is 22.1. The second kappa shape index (κ2) is 9.60. The van der Waals surface area contributed by atoms with Crippen LogP contribution in [0.1, 0.15) is 63.9 Å². The number of fused-ring (bicyclic) bond motifs is 1. The Morgan fingerprint density at radius 3 is 2.45 bits per heavy atom. The summed E-state index contributed by atoms with van der Waals surface area (Å²) in [7, 11) is 0. The van der Waals surface area contributed by atoms with Crippen LogP contribution in [0.5, 0.6) is 5.75 Å². The number of nitrogens with zero attached hydrogens (tertiary/aromatic N) is 2. The minimum Gasteiger partial charge on any atom is -0.487 e. The Morgan fingerprint density at radius 2 is 1.77 bits per heavy atom. The Labute approximate surface area is 185 Å². The van der Waals surface area contributed by atoms with Gasteiger partial charge in [0.25, 0.3) is 0 Å². The molecule has 3 heterocycles. The SMILES string of the molecule is CCN(CC)C(=O)CC1CC2(CCN(C(=O)C3CCOCC3)CC2)Oc2ccccc21. The molecule has 0 radical (unpaired) electrons. The van der Waals surface area contributed by atoms with Crippen molar-refractivity contribution in [1.29, 1.82) is 0 Å². The average Bonchev–Trinajstić information content (AvgIpc) is 2.80. The Bertz CT molecular complexity index is 777. The van der Waals surface area contributed by atoms with Crippen LogP contribution in [0.3, 0.4) is 0 Å². The van der Waals surface area contributed by atoms with Gasteiger partial charge in [-0.3, -0.25) is 9.59 Å². The number of hydrogen-bond acceptors (Lipinski definition) is 4. The quantitative estimate of drug-likeness (QED) is 0.719. The van der Waals surface area contributed by atoms with Gasteiger partial charge < -0.3 is 19.3 Å². The van der Waals surface area contributed by atoms with Gasteiger partial charge in [0.15, 0.2) is 0 Å². The fourth-order valence-electron chi connectivity index (χ4n) is 5.49. The van der Waals surface area contributed by atoms with Crippen molar-refractivity contribution in [3.05, 3.63) is 29.8 Å². The number of likely N-dealkylation sites (tertiary alicyclic amines) is 1. The van der Waals surface area contributed by atoms with Crippen LogP contribution in [0.25, 0.3) is 0 Å². The molecule has 1 spiro atoms. The summed E-state index contributed by atoms with van der Waals surface area (Å²) in [5.74, 6) is 1.68. The molecule has 2 saturated heterocycles. The molecule has 0 N–H and O–H groups in total. The molecule has 170 valence electrons. The molecule has 3 aliphatic heterocycles. The minimum atomic E-state index is -0.283. The summed E-state index contributed by atoms with van der Waals surface area (Å²) in [4.78, 5) is 29.8. The van der Waals surface area contributed by atoms with Crippen LogP contribution in [-0.4, -0.2) is 66.6 Å². The minimum absolute atomic E-state index is 0.107. The predicted molar refractivity (Wildman–Crippen MR) is 119 cm³/mol. The van der Waals surface area contributed by atoms with E-state index in [1.54, 1.807) is 0 Å². The number of piperidine rings is 1. The molecule has 0 bridgehead atoms. The molecule has 6 heteroatoms. The van der Waals surface area contributed by atoms with E-state index in [4.69, 9.17) is 9.47 Å². The van der Waals surface area contributed by atoms with Gasteiger partial charge in [-0.15, -0.1) is 0 Å². The third kappa shape index (κ3) is 4.74. The van der Waals surface area contributed by atoms with E-state index in [1.165, 1.54) is 0 Å². The second-order valence-electron chi connectivity index (χ2n) is 9.21. The topological polar surface area (TPSA) is 59.1 Å². The lowest BCUT2D eigenvalue weighted by atomic mass is 9.76. The van der Waals surface area contributed by atoms with E-state index < -0.39 is 0 Å². The van der Waals surface area contributed by atoms with E-state index in [1.807, 2.05) is 41.8 Å². The number of carbonyl (C=O) groups is 2. The molecule has 0 aliphatic carbocycles. The Morgan fingerprint density at radius 1 is 1.10 bits per heavy atom. The van der Waals surface area contributed by atoms with Crippen LogP contribution < -0.4 is 4.74 Å². The third-order valence-electron chi connectivity index (χ3n) is 7.40. The van der Waals surface area contributed by atoms with Gasteiger partial charge >= 0.3 is 0 Å². The summed E-state index contributed by atoms with van der Waals surface area (Å²) in [6.07, 6.45) is 4.68. The van der Waals surface area contributed by atoms with Crippen molar-refractivity contribution in [3.63, 3.8) is 0 Å². The normalized spacial score (nSPS) is 23.2. The average molecular weight is 429 g/mol. The van der Waals surface area contributed by atoms with Crippen LogP contribution >= 0.6 is 0 Å². The molecule has 1 aromatic carbocycles. The Hall–Kier alpha value is -2.08. The summed E-state index contributed by atoms with van der Waals surface area (Å²) in [6, 6.07) is 8.17. The highest BCUT2D eigenvalue weighted by Crippen LogP contribution is 2.46.